The molecule has 82 heavy (non-hydrogen) atoms. The molecule has 0 fully saturated rings. The van der Waals surface area contributed by atoms with Crippen molar-refractivity contribution in [3.05, 3.63) is 178 Å². The van der Waals surface area contributed by atoms with Crippen molar-refractivity contribution in [3.63, 3.8) is 0 Å². The summed E-state index contributed by atoms with van der Waals surface area (Å²) in [5, 5.41) is 13.0. The smallest absolute Gasteiger partial charge is 0.0816 e. The lowest BCUT2D eigenvalue weighted by atomic mass is 9.79. The Kier molecular flexibility index (Phi) is 12.7. The van der Waals surface area contributed by atoms with Crippen LogP contribution in [-0.2, 0) is 34.5 Å². The molecule has 5 heterocycles. The van der Waals surface area contributed by atoms with E-state index in [4.69, 9.17) is 9.97 Å². The van der Waals surface area contributed by atoms with E-state index < -0.39 is 0 Å². The van der Waals surface area contributed by atoms with Crippen molar-refractivity contribution in [2.45, 2.75) is 157 Å². The molecular weight excluding hydrogens is 993 g/mol. The summed E-state index contributed by atoms with van der Waals surface area (Å²) in [5.41, 5.74) is 22.2. The molecule has 4 aromatic heterocycles. The van der Waals surface area contributed by atoms with Crippen molar-refractivity contribution in [3.8, 4) is 33.4 Å². The first kappa shape index (κ1) is 53.5. The summed E-state index contributed by atoms with van der Waals surface area (Å²) >= 11 is 0. The van der Waals surface area contributed by atoms with Crippen LogP contribution in [0.4, 0.5) is 0 Å². The van der Waals surface area contributed by atoms with Gasteiger partial charge in [0.15, 0.2) is 0 Å². The Morgan fingerprint density at radius 3 is 1.45 bits per heavy atom. The Morgan fingerprint density at radius 1 is 0.366 bits per heavy atom. The standard InChI is InChI=1S/C78H80N4/c1-15-17-22-45-26-27-47-28-29-55-48(23-18-16-2)40-59-71-57(43-56(45)67(47)73(55)71)58-44-66-70(50-38-53(77(9,10)11)42-54(39-50)78(12,13)14)64-33-31-61(80-64)68(46-24-20-19-21-25-46)60-30-32-62(79-60)69(63-34-35-65(81-63)72(59)74(58)82-66)49-36-51(75(3,4)5)41-52(37-49)76(6,7)8/h19-21,24-44,80-81H,15-18,22-23H2,1-14H3. The van der Waals surface area contributed by atoms with Gasteiger partial charge in [-0.15, -0.1) is 0 Å². The van der Waals surface area contributed by atoms with E-state index in [1.165, 1.54) is 81.9 Å². The fraction of sp³-hybridized carbons (Fsp3) is 0.308. The van der Waals surface area contributed by atoms with E-state index in [9.17, 15) is 0 Å². The maximum absolute atomic E-state index is 6.12. The van der Waals surface area contributed by atoms with E-state index in [2.05, 4.69) is 253 Å². The van der Waals surface area contributed by atoms with E-state index >= 15 is 0 Å². The third-order valence-corrected chi connectivity index (χ3v) is 18.1. The lowest BCUT2D eigenvalue weighted by molar-refractivity contribution is 0.568. The zero-order valence-corrected chi connectivity index (χ0v) is 51.0. The van der Waals surface area contributed by atoms with E-state index in [0.717, 1.165) is 122 Å². The Bertz CT molecular complexity index is 4600. The third-order valence-electron chi connectivity index (χ3n) is 18.1. The molecule has 2 N–H and O–H groups in total. The van der Waals surface area contributed by atoms with Gasteiger partial charge in [0.1, 0.15) is 0 Å². The van der Waals surface area contributed by atoms with Gasteiger partial charge in [-0.05, 0) is 195 Å². The minimum Gasteiger partial charge on any atom is -0.354 e. The molecule has 8 bridgehead atoms. The second kappa shape index (κ2) is 19.4. The van der Waals surface area contributed by atoms with Crippen LogP contribution in [0.25, 0.3) is 132 Å². The summed E-state index contributed by atoms with van der Waals surface area (Å²) in [4.78, 5) is 20.2. The molecule has 0 aliphatic carbocycles. The van der Waals surface area contributed by atoms with Crippen LogP contribution in [0, 0.1) is 0 Å². The quantitative estimate of drug-likeness (QED) is 0.112. The predicted molar refractivity (Wildman–Crippen MR) is 357 cm³/mol. The number of unbranched alkanes of at least 4 members (excludes halogenated alkanes) is 2. The molecule has 1 aliphatic heterocycles. The Hall–Kier alpha value is -7.82. The van der Waals surface area contributed by atoms with Crippen LogP contribution >= 0.6 is 0 Å². The van der Waals surface area contributed by atoms with E-state index in [1.54, 1.807) is 0 Å². The highest BCUT2D eigenvalue weighted by Gasteiger charge is 2.28. The minimum atomic E-state index is -0.103. The molecule has 1 aliphatic rings. The fourth-order valence-corrected chi connectivity index (χ4v) is 13.3. The molecule has 13 rings (SSSR count). The van der Waals surface area contributed by atoms with Crippen LogP contribution in [0.3, 0.4) is 0 Å². The predicted octanol–water partition coefficient (Wildman–Crippen LogP) is 22.3. The number of aromatic nitrogens is 4. The Labute approximate surface area is 485 Å². The third kappa shape index (κ3) is 9.04. The summed E-state index contributed by atoms with van der Waals surface area (Å²) in [6.07, 6.45) is 11.1. The maximum Gasteiger partial charge on any atom is 0.0816 e. The summed E-state index contributed by atoms with van der Waals surface area (Å²) < 4.78 is 0. The molecule has 412 valence electrons. The van der Waals surface area contributed by atoms with Gasteiger partial charge in [-0.3, -0.25) is 0 Å². The highest BCUT2D eigenvalue weighted by molar-refractivity contribution is 6.41. The van der Waals surface area contributed by atoms with Gasteiger partial charge in [0.2, 0.25) is 0 Å². The summed E-state index contributed by atoms with van der Waals surface area (Å²) in [6.45, 7) is 32.6. The average molecular weight is 1070 g/mol. The molecule has 0 radical (unpaired) electrons. The first-order valence-corrected chi connectivity index (χ1v) is 30.4. The number of nitrogens with zero attached hydrogens (tertiary/aromatic N) is 2. The van der Waals surface area contributed by atoms with Crippen molar-refractivity contribution in [1.29, 1.82) is 0 Å². The van der Waals surface area contributed by atoms with Crippen LogP contribution < -0.4 is 0 Å². The van der Waals surface area contributed by atoms with Crippen LogP contribution in [0.5, 0.6) is 0 Å². The van der Waals surface area contributed by atoms with Crippen molar-refractivity contribution < 1.29 is 0 Å². The van der Waals surface area contributed by atoms with Gasteiger partial charge in [0.05, 0.1) is 22.4 Å². The fourth-order valence-electron chi connectivity index (χ4n) is 13.3. The second-order valence-corrected chi connectivity index (χ2v) is 28.1. The molecule has 0 saturated heterocycles. The molecule has 8 aromatic carbocycles. The molecule has 0 spiro atoms. The minimum absolute atomic E-state index is 0.0906. The second-order valence-electron chi connectivity index (χ2n) is 28.1. The van der Waals surface area contributed by atoms with Gasteiger partial charge in [0.25, 0.3) is 0 Å². The summed E-state index contributed by atoms with van der Waals surface area (Å²) in [5.74, 6) is 0. The summed E-state index contributed by atoms with van der Waals surface area (Å²) in [6, 6.07) is 51.8. The van der Waals surface area contributed by atoms with E-state index in [0.29, 0.717) is 0 Å². The van der Waals surface area contributed by atoms with Crippen molar-refractivity contribution >= 4 is 99.1 Å². The lowest BCUT2D eigenvalue weighted by Crippen LogP contribution is -2.16. The van der Waals surface area contributed by atoms with Crippen LogP contribution in [0.2, 0.25) is 0 Å². The van der Waals surface area contributed by atoms with Gasteiger partial charge in [0, 0.05) is 49.5 Å². The number of aromatic amines is 2. The van der Waals surface area contributed by atoms with Gasteiger partial charge in [-0.25, -0.2) is 9.97 Å². The maximum atomic E-state index is 6.12. The normalized spacial score (nSPS) is 13.2. The summed E-state index contributed by atoms with van der Waals surface area (Å²) in [7, 11) is 0. The topological polar surface area (TPSA) is 57.4 Å². The number of fused-ring (bicyclic) bond motifs is 10. The highest BCUT2D eigenvalue weighted by atomic mass is 14.8. The number of rotatable bonds is 9. The molecule has 4 nitrogen and oxygen atoms in total. The zero-order chi connectivity index (χ0) is 57.4. The van der Waals surface area contributed by atoms with Crippen LogP contribution in [-0.4, -0.2) is 19.9 Å². The number of aryl methyl sites for hydroxylation is 2. The molecule has 0 unspecified atom stereocenters. The number of hydrogen-bond acceptors (Lipinski definition) is 2. The number of H-pyrrole nitrogens is 2. The molecular formula is C78H80N4. The number of benzene rings is 8. The van der Waals surface area contributed by atoms with Crippen molar-refractivity contribution in [1.82, 2.24) is 19.9 Å². The van der Waals surface area contributed by atoms with Crippen molar-refractivity contribution in [2.75, 3.05) is 0 Å². The monoisotopic (exact) mass is 1070 g/mol. The van der Waals surface area contributed by atoms with Crippen molar-refractivity contribution in [2.24, 2.45) is 0 Å². The van der Waals surface area contributed by atoms with Gasteiger partial charge < -0.3 is 9.97 Å². The Balaban J connectivity index is 1.30. The highest BCUT2D eigenvalue weighted by Crippen LogP contribution is 2.50. The lowest BCUT2D eigenvalue weighted by Gasteiger charge is -2.26. The zero-order valence-electron chi connectivity index (χ0n) is 51.0. The number of nitrogens with one attached hydrogen (secondary N) is 2. The van der Waals surface area contributed by atoms with E-state index in [-0.39, 0.29) is 21.7 Å². The van der Waals surface area contributed by atoms with Crippen LogP contribution in [0.15, 0.2) is 133 Å². The van der Waals surface area contributed by atoms with Gasteiger partial charge >= 0.3 is 0 Å². The molecule has 0 amide bonds. The molecule has 12 aromatic rings. The van der Waals surface area contributed by atoms with Crippen LogP contribution in [0.1, 0.15) is 167 Å². The molecule has 4 heteroatoms. The first-order chi connectivity index (χ1) is 39.1. The average Bonchev–Trinajstić information content (AvgIpc) is 4.25. The van der Waals surface area contributed by atoms with Gasteiger partial charge in [-0.1, -0.05) is 201 Å². The van der Waals surface area contributed by atoms with E-state index in [1.807, 2.05) is 0 Å². The largest absolute Gasteiger partial charge is 0.354 e. The Morgan fingerprint density at radius 2 is 0.878 bits per heavy atom. The number of hydrogen-bond donors (Lipinski definition) is 2. The molecule has 0 atom stereocenters. The SMILES string of the molecule is CCCCc1ccc2ccc3c(CCCC)cc4c5c6ccc([nH]6)c(-c6cc(C(C)(C)C)cc(C(C)(C)C)c6)c6nc(c(-c7ccccc7)c7ccc([nH]7)c(-c7cc(C(C)(C)C)cc(C(C)(C)C)c7)c7cc(c8cc1c2c3c84)c5n7)C=C6. The van der Waals surface area contributed by atoms with Gasteiger partial charge in [-0.2, -0.15) is 0 Å². The molecule has 0 saturated carbocycles. The first-order valence-electron chi connectivity index (χ1n) is 30.4.